The largest absolute Gasteiger partial charge is 0.392 e. The summed E-state index contributed by atoms with van der Waals surface area (Å²) in [5.74, 6) is 0.0387. The molecule has 1 heterocycles. The fourth-order valence-electron chi connectivity index (χ4n) is 2.67. The van der Waals surface area contributed by atoms with Gasteiger partial charge in [-0.05, 0) is 19.3 Å². The highest BCUT2D eigenvalue weighted by atomic mass is 32.2. The first-order valence-electron chi connectivity index (χ1n) is 6.24. The van der Waals surface area contributed by atoms with E-state index in [-0.39, 0.29) is 18.4 Å². The summed E-state index contributed by atoms with van der Waals surface area (Å²) in [6.07, 6.45) is 3.76. The predicted molar refractivity (Wildman–Crippen MR) is 65.0 cm³/mol. The van der Waals surface area contributed by atoms with E-state index in [0.29, 0.717) is 6.42 Å². The summed E-state index contributed by atoms with van der Waals surface area (Å²) in [6.45, 7) is 3.94. The average molecular weight is 260 g/mol. The van der Waals surface area contributed by atoms with Crippen molar-refractivity contribution in [2.75, 3.05) is 0 Å². The van der Waals surface area contributed by atoms with Gasteiger partial charge in [-0.15, -0.1) is 0 Å². The zero-order valence-corrected chi connectivity index (χ0v) is 11.1. The summed E-state index contributed by atoms with van der Waals surface area (Å²) in [4.78, 5) is 0. The quantitative estimate of drug-likeness (QED) is 0.605. The molecule has 98 valence electrons. The molecule has 1 aliphatic carbocycles. The Hall–Kier alpha value is -0.390. The molecule has 0 unspecified atom stereocenters. The van der Waals surface area contributed by atoms with Crippen LogP contribution >= 0.6 is 0 Å². The summed E-state index contributed by atoms with van der Waals surface area (Å²) in [6, 6.07) is 0. The van der Waals surface area contributed by atoms with Crippen molar-refractivity contribution in [3.63, 3.8) is 0 Å². The Bertz CT molecular complexity index is 412. The maximum absolute atomic E-state index is 12.0. The molecule has 0 aromatic carbocycles. The van der Waals surface area contributed by atoms with Crippen LogP contribution in [0.1, 0.15) is 39.5 Å². The number of rotatable bonds is 2. The second kappa shape index (κ2) is 4.71. The van der Waals surface area contributed by atoms with Crippen molar-refractivity contribution in [2.24, 2.45) is 5.92 Å². The number of fused-ring (bicyclic) bond motifs is 1. The number of hydrogen-bond acceptors (Lipinski definition) is 4. The lowest BCUT2D eigenvalue weighted by Gasteiger charge is -2.36. The molecule has 4 nitrogen and oxygen atoms in total. The van der Waals surface area contributed by atoms with Gasteiger partial charge < -0.3 is 5.11 Å². The molecule has 0 aromatic heterocycles. The molecule has 4 atom stereocenters. The summed E-state index contributed by atoms with van der Waals surface area (Å²) >= 11 is 0. The van der Waals surface area contributed by atoms with E-state index >= 15 is 0 Å². The predicted octanol–water partition coefficient (Wildman–Crippen LogP) is 1.60. The van der Waals surface area contributed by atoms with Crippen LogP contribution in [0, 0.1) is 5.92 Å². The molecule has 0 spiro atoms. The Kier molecular flexibility index (Phi) is 3.61. The molecule has 17 heavy (non-hydrogen) atoms. The first kappa shape index (κ1) is 13.1. The fourth-order valence-corrected chi connectivity index (χ4v) is 4.33. The van der Waals surface area contributed by atoms with Crippen LogP contribution < -0.4 is 0 Å². The van der Waals surface area contributed by atoms with Crippen LogP contribution in [0.15, 0.2) is 11.6 Å². The van der Waals surface area contributed by atoms with Gasteiger partial charge in [-0.3, -0.25) is 4.18 Å². The van der Waals surface area contributed by atoms with E-state index in [9.17, 15) is 13.5 Å². The van der Waals surface area contributed by atoms with Gasteiger partial charge in [-0.2, -0.15) is 8.42 Å². The second-order valence-corrected chi connectivity index (χ2v) is 6.84. The van der Waals surface area contributed by atoms with Crippen LogP contribution in [0.25, 0.3) is 0 Å². The number of hydrogen-bond donors (Lipinski definition) is 1. The van der Waals surface area contributed by atoms with E-state index in [0.717, 1.165) is 18.4 Å². The van der Waals surface area contributed by atoms with E-state index < -0.39 is 21.5 Å². The van der Waals surface area contributed by atoms with Gasteiger partial charge in [0.15, 0.2) is 0 Å². The molecule has 0 amide bonds. The van der Waals surface area contributed by atoms with Crippen LogP contribution in [0.2, 0.25) is 0 Å². The average Bonchev–Trinajstić information content (AvgIpc) is 2.21. The van der Waals surface area contributed by atoms with E-state index in [2.05, 4.69) is 0 Å². The van der Waals surface area contributed by atoms with Crippen LogP contribution in [0.5, 0.6) is 0 Å². The van der Waals surface area contributed by atoms with Gasteiger partial charge in [0.05, 0.1) is 12.2 Å². The summed E-state index contributed by atoms with van der Waals surface area (Å²) in [5.41, 5.74) is 0.938. The van der Waals surface area contributed by atoms with Crippen LogP contribution in [-0.4, -0.2) is 31.0 Å². The van der Waals surface area contributed by atoms with Crippen molar-refractivity contribution < 1.29 is 17.7 Å². The molecule has 1 saturated heterocycles. The molecule has 0 radical (unpaired) electrons. The third-order valence-electron chi connectivity index (χ3n) is 3.65. The van der Waals surface area contributed by atoms with Gasteiger partial charge in [-0.1, -0.05) is 31.9 Å². The zero-order valence-electron chi connectivity index (χ0n) is 10.3. The second-order valence-electron chi connectivity index (χ2n) is 5.10. The third-order valence-corrected chi connectivity index (χ3v) is 5.38. The molecule has 1 aliphatic heterocycles. The lowest BCUT2D eigenvalue weighted by molar-refractivity contribution is 0.109. The molecule has 2 aliphatic rings. The van der Waals surface area contributed by atoms with Gasteiger partial charge >= 0.3 is 0 Å². The highest BCUT2D eigenvalue weighted by Crippen LogP contribution is 2.37. The normalized spacial score (nSPS) is 40.5. The Morgan fingerprint density at radius 2 is 2.24 bits per heavy atom. The monoisotopic (exact) mass is 260 g/mol. The molecule has 0 aromatic rings. The van der Waals surface area contributed by atoms with Crippen molar-refractivity contribution in [3.05, 3.63) is 11.6 Å². The van der Waals surface area contributed by atoms with E-state index in [1.165, 1.54) is 0 Å². The number of aliphatic hydroxyl groups is 1. The molecule has 0 bridgehead atoms. The Labute approximate surface area is 103 Å². The molecule has 5 heteroatoms. The van der Waals surface area contributed by atoms with Gasteiger partial charge in [0.1, 0.15) is 5.25 Å². The topological polar surface area (TPSA) is 63.6 Å². The summed E-state index contributed by atoms with van der Waals surface area (Å²) in [7, 11) is -3.54. The van der Waals surface area contributed by atoms with Crippen molar-refractivity contribution in [1.29, 1.82) is 0 Å². The van der Waals surface area contributed by atoms with E-state index in [4.69, 9.17) is 4.18 Å². The van der Waals surface area contributed by atoms with Crippen LogP contribution in [-0.2, 0) is 14.3 Å². The van der Waals surface area contributed by atoms with Crippen LogP contribution in [0.4, 0.5) is 0 Å². The van der Waals surface area contributed by atoms with Crippen LogP contribution in [0.3, 0.4) is 0 Å². The Morgan fingerprint density at radius 3 is 2.88 bits per heavy atom. The highest BCUT2D eigenvalue weighted by molar-refractivity contribution is 7.87. The maximum Gasteiger partial charge on any atom is 0.274 e. The molecular weight excluding hydrogens is 240 g/mol. The van der Waals surface area contributed by atoms with Gasteiger partial charge in [0.2, 0.25) is 0 Å². The SMILES string of the molecule is CCC[C@H]1CC2=C[C@@H](C)[C@H](O)C[C@@H]2S(=O)(=O)O1. The molecule has 1 fully saturated rings. The first-order chi connectivity index (χ1) is 7.94. The standard InChI is InChI=1S/C12H20O4S/c1-3-4-10-6-9-5-8(2)11(13)7-12(9)17(14,15)16-10/h5,8,10-13H,3-4,6-7H2,1-2H3/t8-,10+,11-,12+/m1/s1. The lowest BCUT2D eigenvalue weighted by atomic mass is 9.86. The minimum absolute atomic E-state index is 0.0387. The van der Waals surface area contributed by atoms with Crippen molar-refractivity contribution in [1.82, 2.24) is 0 Å². The van der Waals surface area contributed by atoms with Gasteiger partial charge in [-0.25, -0.2) is 0 Å². The van der Waals surface area contributed by atoms with Crippen molar-refractivity contribution >= 4 is 10.1 Å². The Balaban J connectivity index is 2.27. The van der Waals surface area contributed by atoms with Gasteiger partial charge in [0.25, 0.3) is 10.1 Å². The van der Waals surface area contributed by atoms with Gasteiger partial charge in [0, 0.05) is 5.92 Å². The molecule has 0 saturated carbocycles. The molecule has 2 rings (SSSR count). The highest BCUT2D eigenvalue weighted by Gasteiger charge is 2.42. The fraction of sp³-hybridized carbons (Fsp3) is 0.833. The van der Waals surface area contributed by atoms with E-state index in [1.54, 1.807) is 0 Å². The molecular formula is C12H20O4S. The van der Waals surface area contributed by atoms with Crippen molar-refractivity contribution in [2.45, 2.75) is 57.0 Å². The zero-order chi connectivity index (χ0) is 12.6. The van der Waals surface area contributed by atoms with E-state index in [1.807, 2.05) is 19.9 Å². The third kappa shape index (κ3) is 2.56. The molecule has 1 N–H and O–H groups in total. The first-order valence-corrected chi connectivity index (χ1v) is 7.72. The summed E-state index contributed by atoms with van der Waals surface area (Å²) in [5, 5.41) is 9.13. The minimum atomic E-state index is -3.54. The summed E-state index contributed by atoms with van der Waals surface area (Å²) < 4.78 is 29.1. The number of aliphatic hydroxyl groups excluding tert-OH is 1. The lowest BCUT2D eigenvalue weighted by Crippen LogP contribution is -2.42. The Morgan fingerprint density at radius 1 is 1.53 bits per heavy atom. The minimum Gasteiger partial charge on any atom is -0.392 e. The maximum atomic E-state index is 12.0. The van der Waals surface area contributed by atoms with Crippen molar-refractivity contribution in [3.8, 4) is 0 Å². The smallest absolute Gasteiger partial charge is 0.274 e.